The fraction of sp³-hybridized carbons (Fsp3) is 0.625. The highest BCUT2D eigenvalue weighted by atomic mass is 16.5. The molecule has 108 valence electrons. The standard InChI is InChI=1S/C16H28N2O/c1-13(2)16(11-17,12-19-5)18(4)10-15-8-6-14(3)7-9-15/h6-9,13H,10-12,17H2,1-5H3. The van der Waals surface area contributed by atoms with Crippen molar-refractivity contribution in [1.82, 2.24) is 4.90 Å². The maximum absolute atomic E-state index is 6.05. The summed E-state index contributed by atoms with van der Waals surface area (Å²) in [5.41, 5.74) is 8.54. The van der Waals surface area contributed by atoms with Crippen molar-refractivity contribution in [1.29, 1.82) is 0 Å². The molecule has 3 nitrogen and oxygen atoms in total. The molecule has 0 bridgehead atoms. The first-order chi connectivity index (χ1) is 8.96. The van der Waals surface area contributed by atoms with Crippen LogP contribution in [0.15, 0.2) is 24.3 Å². The van der Waals surface area contributed by atoms with Crippen molar-refractivity contribution >= 4 is 0 Å². The summed E-state index contributed by atoms with van der Waals surface area (Å²) < 4.78 is 5.42. The zero-order chi connectivity index (χ0) is 14.5. The maximum atomic E-state index is 6.05. The molecule has 0 aromatic heterocycles. The lowest BCUT2D eigenvalue weighted by atomic mass is 9.85. The Morgan fingerprint density at radius 1 is 1.26 bits per heavy atom. The van der Waals surface area contributed by atoms with Gasteiger partial charge in [0.05, 0.1) is 12.1 Å². The summed E-state index contributed by atoms with van der Waals surface area (Å²) in [6.45, 7) is 8.66. The third-order valence-electron chi connectivity index (χ3n) is 4.12. The van der Waals surface area contributed by atoms with E-state index in [1.165, 1.54) is 11.1 Å². The predicted molar refractivity (Wildman–Crippen MR) is 81.1 cm³/mol. The van der Waals surface area contributed by atoms with Crippen LogP contribution in [0.25, 0.3) is 0 Å². The Morgan fingerprint density at radius 3 is 2.26 bits per heavy atom. The fourth-order valence-corrected chi connectivity index (χ4v) is 2.54. The van der Waals surface area contributed by atoms with Crippen LogP contribution >= 0.6 is 0 Å². The lowest BCUT2D eigenvalue weighted by Crippen LogP contribution is -2.58. The molecule has 0 radical (unpaired) electrons. The molecule has 1 rings (SSSR count). The summed E-state index contributed by atoms with van der Waals surface area (Å²) in [4.78, 5) is 2.33. The van der Waals surface area contributed by atoms with Gasteiger partial charge < -0.3 is 10.5 Å². The molecule has 1 atom stereocenters. The van der Waals surface area contributed by atoms with Crippen molar-refractivity contribution in [3.63, 3.8) is 0 Å². The molecule has 1 unspecified atom stereocenters. The highest BCUT2D eigenvalue weighted by Gasteiger charge is 2.36. The third-order valence-corrected chi connectivity index (χ3v) is 4.12. The van der Waals surface area contributed by atoms with Gasteiger partial charge in [0.25, 0.3) is 0 Å². The van der Waals surface area contributed by atoms with Crippen LogP contribution in [-0.2, 0) is 11.3 Å². The molecular formula is C16H28N2O. The van der Waals surface area contributed by atoms with E-state index < -0.39 is 0 Å². The van der Waals surface area contributed by atoms with E-state index in [0.717, 1.165) is 6.54 Å². The van der Waals surface area contributed by atoms with E-state index in [1.807, 2.05) is 0 Å². The molecule has 19 heavy (non-hydrogen) atoms. The minimum absolute atomic E-state index is 0.111. The summed E-state index contributed by atoms with van der Waals surface area (Å²) in [5.74, 6) is 0.438. The Balaban J connectivity index is 2.87. The van der Waals surface area contributed by atoms with Crippen LogP contribution in [0.5, 0.6) is 0 Å². The minimum atomic E-state index is -0.111. The highest BCUT2D eigenvalue weighted by Crippen LogP contribution is 2.25. The molecule has 0 spiro atoms. The van der Waals surface area contributed by atoms with Crippen LogP contribution in [0.3, 0.4) is 0 Å². The number of ether oxygens (including phenoxy) is 1. The quantitative estimate of drug-likeness (QED) is 0.822. The van der Waals surface area contributed by atoms with Crippen molar-refractivity contribution in [3.05, 3.63) is 35.4 Å². The van der Waals surface area contributed by atoms with E-state index >= 15 is 0 Å². The Kier molecular flexibility index (Phi) is 5.98. The maximum Gasteiger partial charge on any atom is 0.0661 e. The number of likely N-dealkylation sites (N-methyl/N-ethyl adjacent to an activating group) is 1. The largest absolute Gasteiger partial charge is 0.383 e. The lowest BCUT2D eigenvalue weighted by Gasteiger charge is -2.44. The van der Waals surface area contributed by atoms with Gasteiger partial charge in [0.15, 0.2) is 0 Å². The fourth-order valence-electron chi connectivity index (χ4n) is 2.54. The van der Waals surface area contributed by atoms with Gasteiger partial charge in [0.2, 0.25) is 0 Å². The van der Waals surface area contributed by atoms with Crippen molar-refractivity contribution in [2.24, 2.45) is 11.7 Å². The Morgan fingerprint density at radius 2 is 1.84 bits per heavy atom. The van der Waals surface area contributed by atoms with E-state index in [4.69, 9.17) is 10.5 Å². The molecule has 0 aliphatic carbocycles. The van der Waals surface area contributed by atoms with Gasteiger partial charge in [-0.3, -0.25) is 4.90 Å². The van der Waals surface area contributed by atoms with Crippen LogP contribution in [0.4, 0.5) is 0 Å². The van der Waals surface area contributed by atoms with E-state index in [-0.39, 0.29) is 5.54 Å². The van der Waals surface area contributed by atoms with Gasteiger partial charge in [0, 0.05) is 20.2 Å². The molecule has 0 heterocycles. The molecule has 1 aromatic rings. The zero-order valence-corrected chi connectivity index (χ0v) is 12.9. The van der Waals surface area contributed by atoms with Crippen molar-refractivity contribution in [2.45, 2.75) is 32.9 Å². The summed E-state index contributed by atoms with van der Waals surface area (Å²) in [6, 6.07) is 8.67. The summed E-state index contributed by atoms with van der Waals surface area (Å²) >= 11 is 0. The molecule has 0 aliphatic rings. The van der Waals surface area contributed by atoms with Gasteiger partial charge in [-0.2, -0.15) is 0 Å². The van der Waals surface area contributed by atoms with Crippen molar-refractivity contribution < 1.29 is 4.74 Å². The van der Waals surface area contributed by atoms with Gasteiger partial charge in [-0.25, -0.2) is 0 Å². The van der Waals surface area contributed by atoms with Crippen LogP contribution in [0.1, 0.15) is 25.0 Å². The average Bonchev–Trinajstić information content (AvgIpc) is 2.38. The molecule has 0 aliphatic heterocycles. The van der Waals surface area contributed by atoms with Crippen molar-refractivity contribution in [2.75, 3.05) is 27.3 Å². The number of rotatable bonds is 7. The monoisotopic (exact) mass is 264 g/mol. The normalized spacial score (nSPS) is 14.9. The number of benzene rings is 1. The second-order valence-electron chi connectivity index (χ2n) is 5.74. The van der Waals surface area contributed by atoms with Crippen molar-refractivity contribution in [3.8, 4) is 0 Å². The average molecular weight is 264 g/mol. The molecule has 2 N–H and O–H groups in total. The minimum Gasteiger partial charge on any atom is -0.383 e. The van der Waals surface area contributed by atoms with E-state index in [1.54, 1.807) is 7.11 Å². The second kappa shape index (κ2) is 7.04. The van der Waals surface area contributed by atoms with E-state index in [2.05, 4.69) is 57.0 Å². The van der Waals surface area contributed by atoms with Gasteiger partial charge in [0.1, 0.15) is 0 Å². The van der Waals surface area contributed by atoms with Crippen LogP contribution in [-0.4, -0.2) is 37.7 Å². The number of hydrogen-bond donors (Lipinski definition) is 1. The Labute approximate surface area is 117 Å². The topological polar surface area (TPSA) is 38.5 Å². The molecule has 0 amide bonds. The number of hydrogen-bond acceptors (Lipinski definition) is 3. The summed E-state index contributed by atoms with van der Waals surface area (Å²) in [5, 5.41) is 0. The lowest BCUT2D eigenvalue weighted by molar-refractivity contribution is -0.00555. The predicted octanol–water partition coefficient (Wildman–Crippen LogP) is 2.43. The van der Waals surface area contributed by atoms with Gasteiger partial charge >= 0.3 is 0 Å². The highest BCUT2D eigenvalue weighted by molar-refractivity contribution is 5.21. The number of methoxy groups -OCH3 is 1. The van der Waals surface area contributed by atoms with Crippen LogP contribution in [0.2, 0.25) is 0 Å². The van der Waals surface area contributed by atoms with Crippen LogP contribution in [0, 0.1) is 12.8 Å². The Hall–Kier alpha value is -0.900. The number of nitrogens with two attached hydrogens (primary N) is 1. The molecule has 1 aromatic carbocycles. The Bertz CT molecular complexity index is 375. The first kappa shape index (κ1) is 16.2. The second-order valence-corrected chi connectivity index (χ2v) is 5.74. The third kappa shape index (κ3) is 3.78. The van der Waals surface area contributed by atoms with Gasteiger partial charge in [-0.15, -0.1) is 0 Å². The molecule has 3 heteroatoms. The number of aryl methyl sites for hydroxylation is 1. The molecule has 0 saturated carbocycles. The molecule has 0 saturated heterocycles. The molecular weight excluding hydrogens is 236 g/mol. The first-order valence-corrected chi connectivity index (χ1v) is 6.92. The van der Waals surface area contributed by atoms with Crippen LogP contribution < -0.4 is 5.73 Å². The van der Waals surface area contributed by atoms with E-state index in [9.17, 15) is 0 Å². The number of nitrogens with zero attached hydrogens (tertiary/aromatic N) is 1. The molecule has 0 fully saturated rings. The smallest absolute Gasteiger partial charge is 0.0661 e. The van der Waals surface area contributed by atoms with Gasteiger partial charge in [-0.05, 0) is 25.5 Å². The zero-order valence-electron chi connectivity index (χ0n) is 12.9. The SMILES string of the molecule is COCC(CN)(C(C)C)N(C)Cc1ccc(C)cc1. The van der Waals surface area contributed by atoms with E-state index in [0.29, 0.717) is 19.1 Å². The first-order valence-electron chi connectivity index (χ1n) is 6.92. The summed E-state index contributed by atoms with van der Waals surface area (Å²) in [6.07, 6.45) is 0. The summed E-state index contributed by atoms with van der Waals surface area (Å²) in [7, 11) is 3.87. The van der Waals surface area contributed by atoms with Gasteiger partial charge in [-0.1, -0.05) is 43.7 Å².